The molecule has 158 valence electrons. The van der Waals surface area contributed by atoms with E-state index in [0.29, 0.717) is 22.9 Å². The van der Waals surface area contributed by atoms with Crippen LogP contribution >= 0.6 is 11.8 Å². The number of hydrogen-bond acceptors (Lipinski definition) is 5. The summed E-state index contributed by atoms with van der Waals surface area (Å²) in [5.41, 5.74) is 5.30. The van der Waals surface area contributed by atoms with E-state index in [1.807, 2.05) is 12.5 Å². The van der Waals surface area contributed by atoms with Crippen LogP contribution in [0.2, 0.25) is 0 Å². The number of aliphatic hydroxyl groups is 2. The van der Waals surface area contributed by atoms with Crippen molar-refractivity contribution in [3.63, 3.8) is 0 Å². The van der Waals surface area contributed by atoms with E-state index in [2.05, 4.69) is 24.1 Å². The molecule has 0 bridgehead atoms. The Kier molecular flexibility index (Phi) is 5.37. The lowest BCUT2D eigenvalue weighted by atomic mass is 9.43. The van der Waals surface area contributed by atoms with E-state index in [-0.39, 0.29) is 22.9 Å². The van der Waals surface area contributed by atoms with Gasteiger partial charge in [-0.1, -0.05) is 25.6 Å². The van der Waals surface area contributed by atoms with Gasteiger partial charge in [-0.2, -0.15) is 5.10 Å². The minimum atomic E-state index is -0.606. The quantitative estimate of drug-likeness (QED) is 0.369. The summed E-state index contributed by atoms with van der Waals surface area (Å²) >= 11 is 1.40. The van der Waals surface area contributed by atoms with Crippen molar-refractivity contribution in [1.29, 1.82) is 0 Å². The molecular formula is C22H37N3O2S. The van der Waals surface area contributed by atoms with Crippen molar-refractivity contribution in [2.24, 2.45) is 50.4 Å². The van der Waals surface area contributed by atoms with Crippen LogP contribution < -0.4 is 5.73 Å². The molecule has 8 atom stereocenters. The average Bonchev–Trinajstić information content (AvgIpc) is 2.93. The zero-order chi connectivity index (χ0) is 20.2. The topological polar surface area (TPSA) is 91.2 Å². The van der Waals surface area contributed by atoms with E-state index in [4.69, 9.17) is 5.73 Å². The molecule has 0 unspecified atom stereocenters. The van der Waals surface area contributed by atoms with Crippen LogP contribution in [-0.2, 0) is 0 Å². The number of amidine groups is 1. The molecule has 28 heavy (non-hydrogen) atoms. The predicted octanol–water partition coefficient (Wildman–Crippen LogP) is 3.78. The van der Waals surface area contributed by atoms with Gasteiger partial charge in [0.15, 0.2) is 5.17 Å². The molecule has 6 heteroatoms. The van der Waals surface area contributed by atoms with Crippen LogP contribution in [0.4, 0.5) is 0 Å². The highest BCUT2D eigenvalue weighted by atomic mass is 32.2. The van der Waals surface area contributed by atoms with Gasteiger partial charge in [0.25, 0.3) is 0 Å². The van der Waals surface area contributed by atoms with Crippen LogP contribution in [0.3, 0.4) is 0 Å². The first-order chi connectivity index (χ1) is 13.2. The van der Waals surface area contributed by atoms with E-state index in [9.17, 15) is 10.2 Å². The highest BCUT2D eigenvalue weighted by Gasteiger charge is 2.66. The van der Waals surface area contributed by atoms with E-state index in [1.54, 1.807) is 0 Å². The molecule has 0 radical (unpaired) electrons. The lowest BCUT2D eigenvalue weighted by Gasteiger charge is -2.63. The van der Waals surface area contributed by atoms with E-state index >= 15 is 0 Å². The fraction of sp³-hybridized carbons (Fsp3) is 0.909. The molecule has 0 aliphatic heterocycles. The number of thioether (sulfide) groups is 1. The Morgan fingerprint density at radius 1 is 1.07 bits per heavy atom. The maximum absolute atomic E-state index is 12.1. The summed E-state index contributed by atoms with van der Waals surface area (Å²) in [6.45, 7) is 4.74. The third-order valence-corrected chi connectivity index (χ3v) is 10.0. The van der Waals surface area contributed by atoms with Crippen LogP contribution in [0.15, 0.2) is 10.2 Å². The molecule has 0 heterocycles. The molecule has 0 aromatic carbocycles. The van der Waals surface area contributed by atoms with Crippen molar-refractivity contribution >= 4 is 23.1 Å². The molecule has 0 aromatic heterocycles. The second-order valence-corrected chi connectivity index (χ2v) is 11.2. The number of nitrogens with two attached hydrogens (primary N) is 1. The SMILES string of the molecule is CS/C(N)=N/N=C/[C@H]1CC[C@]2(O)[C@@H]3CC[C@@H]4C[C@@H](O)CC[C@]4(C)[C@H]3CC[C@]12C. The maximum Gasteiger partial charge on any atom is 0.180 e. The molecule has 0 saturated heterocycles. The van der Waals surface area contributed by atoms with Gasteiger partial charge in [0.2, 0.25) is 0 Å². The monoisotopic (exact) mass is 407 g/mol. The van der Waals surface area contributed by atoms with Gasteiger partial charge in [-0.05, 0) is 87.2 Å². The van der Waals surface area contributed by atoms with Gasteiger partial charge in [-0.3, -0.25) is 0 Å². The van der Waals surface area contributed by atoms with Crippen molar-refractivity contribution in [1.82, 2.24) is 0 Å². The maximum atomic E-state index is 12.1. The molecule has 4 aliphatic rings. The summed E-state index contributed by atoms with van der Waals surface area (Å²) in [4.78, 5) is 0. The second-order valence-electron chi connectivity index (χ2n) is 10.4. The van der Waals surface area contributed by atoms with Crippen LogP contribution in [-0.4, -0.2) is 39.6 Å². The van der Waals surface area contributed by atoms with Gasteiger partial charge < -0.3 is 15.9 Å². The minimum absolute atomic E-state index is 0.118. The fourth-order valence-corrected chi connectivity index (χ4v) is 7.82. The van der Waals surface area contributed by atoms with Crippen molar-refractivity contribution in [2.75, 3.05) is 6.26 Å². The van der Waals surface area contributed by atoms with E-state index in [0.717, 1.165) is 51.4 Å². The summed E-state index contributed by atoms with van der Waals surface area (Å²) < 4.78 is 0. The van der Waals surface area contributed by atoms with Crippen LogP contribution in [0.1, 0.15) is 71.6 Å². The smallest absolute Gasteiger partial charge is 0.180 e. The minimum Gasteiger partial charge on any atom is -0.393 e. The molecule has 4 rings (SSSR count). The standard InChI is InChI=1S/C22H37N3O2S/c1-20-9-7-16(26)12-14(20)4-5-18-17(20)8-10-21(2)15(6-11-22(18,21)27)13-24-25-19(23)28-3/h13-18,26-27H,4-12H2,1-3H3,(H2,23,25)/b24-13+/t14-,15-,16+,17+,18-,20+,21-,22+/m1/s1. The molecule has 0 aromatic rings. The highest BCUT2D eigenvalue weighted by molar-refractivity contribution is 8.13. The van der Waals surface area contributed by atoms with E-state index < -0.39 is 5.60 Å². The van der Waals surface area contributed by atoms with Crippen LogP contribution in [0.5, 0.6) is 0 Å². The molecule has 0 spiro atoms. The lowest BCUT2D eigenvalue weighted by molar-refractivity contribution is -0.206. The van der Waals surface area contributed by atoms with Crippen molar-refractivity contribution < 1.29 is 10.2 Å². The van der Waals surface area contributed by atoms with Crippen molar-refractivity contribution in [3.8, 4) is 0 Å². The Bertz CT molecular complexity index is 670. The summed E-state index contributed by atoms with van der Waals surface area (Å²) in [7, 11) is 0. The van der Waals surface area contributed by atoms with Gasteiger partial charge in [-0.15, -0.1) is 5.10 Å². The number of nitrogens with zero attached hydrogens (tertiary/aromatic N) is 2. The fourth-order valence-electron chi connectivity index (χ4n) is 7.69. The van der Waals surface area contributed by atoms with Crippen LogP contribution in [0, 0.1) is 34.5 Å². The Hall–Kier alpha value is -0.590. The van der Waals surface area contributed by atoms with E-state index in [1.165, 1.54) is 18.2 Å². The number of aliphatic hydroxyl groups excluding tert-OH is 1. The molecule has 5 nitrogen and oxygen atoms in total. The molecule has 4 N–H and O–H groups in total. The number of hydrogen-bond donors (Lipinski definition) is 3. The summed E-state index contributed by atoms with van der Waals surface area (Å²) in [6, 6.07) is 0. The summed E-state index contributed by atoms with van der Waals surface area (Å²) in [5, 5.41) is 31.1. The number of rotatable bonds is 2. The average molecular weight is 408 g/mol. The molecule has 0 amide bonds. The van der Waals surface area contributed by atoms with Crippen LogP contribution in [0.25, 0.3) is 0 Å². The third-order valence-electron chi connectivity index (χ3n) is 9.51. The van der Waals surface area contributed by atoms with Gasteiger partial charge in [0, 0.05) is 17.5 Å². The second kappa shape index (κ2) is 7.28. The van der Waals surface area contributed by atoms with Crippen molar-refractivity contribution in [2.45, 2.75) is 83.3 Å². The Balaban J connectivity index is 1.58. The predicted molar refractivity (Wildman–Crippen MR) is 116 cm³/mol. The highest BCUT2D eigenvalue weighted by Crippen LogP contribution is 2.68. The largest absolute Gasteiger partial charge is 0.393 e. The Labute approximate surface area is 173 Å². The number of fused-ring (bicyclic) bond motifs is 5. The molecule has 4 fully saturated rings. The normalized spacial score (nSPS) is 51.6. The van der Waals surface area contributed by atoms with Gasteiger partial charge in [-0.25, -0.2) is 0 Å². The van der Waals surface area contributed by atoms with Crippen molar-refractivity contribution in [3.05, 3.63) is 0 Å². The summed E-state index contributed by atoms with van der Waals surface area (Å²) in [5.74, 6) is 1.84. The first-order valence-electron chi connectivity index (χ1n) is 11.1. The molecule has 4 aliphatic carbocycles. The molecule has 4 saturated carbocycles. The Morgan fingerprint density at radius 3 is 2.61 bits per heavy atom. The van der Waals surface area contributed by atoms with Gasteiger partial charge in [0.1, 0.15) is 0 Å². The van der Waals surface area contributed by atoms with Gasteiger partial charge >= 0.3 is 0 Å². The zero-order valence-corrected chi connectivity index (χ0v) is 18.4. The first-order valence-corrected chi connectivity index (χ1v) is 12.3. The lowest BCUT2D eigenvalue weighted by Crippen LogP contribution is -2.62. The third kappa shape index (κ3) is 2.97. The molecular weight excluding hydrogens is 370 g/mol. The summed E-state index contributed by atoms with van der Waals surface area (Å²) in [6.07, 6.45) is 13.1. The first kappa shape index (κ1) is 20.7. The Morgan fingerprint density at radius 2 is 1.86 bits per heavy atom. The zero-order valence-electron chi connectivity index (χ0n) is 17.6. The van der Waals surface area contributed by atoms with Gasteiger partial charge in [0.05, 0.1) is 11.7 Å².